The highest BCUT2D eigenvalue weighted by Gasteiger charge is 2.42. The molecule has 2 aliphatic rings. The second kappa shape index (κ2) is 7.47. The number of ether oxygens (including phenoxy) is 1. The standard InChI is InChI=1S/C25H27NO4/c1-16-21-19(29-23(16)24(28)26-15-17-8-4-2-5-9-17)10-11-20-22(21)18(27)14-25(30-20)12-6-3-7-13-25/h2,4-5,8-11,18,27H,3,6-7,12-15H2,1H3,(H,26,28)/t18-/m0/s1. The second-order valence-corrected chi connectivity index (χ2v) is 8.64. The normalized spacial score (nSPS) is 20.0. The summed E-state index contributed by atoms with van der Waals surface area (Å²) < 4.78 is 12.4. The van der Waals surface area contributed by atoms with E-state index in [0.29, 0.717) is 24.3 Å². The van der Waals surface area contributed by atoms with E-state index < -0.39 is 6.10 Å². The Bertz CT molecular complexity index is 1080. The predicted molar refractivity (Wildman–Crippen MR) is 115 cm³/mol. The zero-order valence-corrected chi connectivity index (χ0v) is 17.2. The van der Waals surface area contributed by atoms with Gasteiger partial charge >= 0.3 is 0 Å². The molecule has 1 fully saturated rings. The maximum absolute atomic E-state index is 12.8. The Morgan fingerprint density at radius 1 is 1.13 bits per heavy atom. The van der Waals surface area contributed by atoms with Crippen molar-refractivity contribution in [2.45, 2.75) is 63.7 Å². The van der Waals surface area contributed by atoms with Crippen LogP contribution < -0.4 is 10.1 Å². The number of amides is 1. The first kappa shape index (κ1) is 19.2. The van der Waals surface area contributed by atoms with Gasteiger partial charge in [-0.2, -0.15) is 0 Å². The Balaban J connectivity index is 1.46. The predicted octanol–water partition coefficient (Wildman–Crippen LogP) is 5.19. The number of carbonyl (C=O) groups excluding carboxylic acids is 1. The molecule has 2 aromatic carbocycles. The first-order valence-electron chi connectivity index (χ1n) is 10.8. The molecule has 5 heteroatoms. The van der Waals surface area contributed by atoms with Crippen LogP contribution in [0, 0.1) is 6.92 Å². The molecule has 5 rings (SSSR count). The van der Waals surface area contributed by atoms with E-state index in [1.807, 2.05) is 49.4 Å². The lowest BCUT2D eigenvalue weighted by Gasteiger charge is -2.43. The number of hydrogen-bond donors (Lipinski definition) is 2. The number of nitrogens with one attached hydrogen (secondary N) is 1. The molecular weight excluding hydrogens is 378 g/mol. The van der Waals surface area contributed by atoms with Gasteiger partial charge in [-0.25, -0.2) is 0 Å². The van der Waals surface area contributed by atoms with Gasteiger partial charge in [-0.1, -0.05) is 36.8 Å². The van der Waals surface area contributed by atoms with Crippen LogP contribution in [0.25, 0.3) is 11.0 Å². The molecule has 156 valence electrons. The molecule has 3 aromatic rings. The van der Waals surface area contributed by atoms with Gasteiger partial charge in [0.05, 0.1) is 6.10 Å². The number of aryl methyl sites for hydroxylation is 1. The van der Waals surface area contributed by atoms with E-state index in [2.05, 4.69) is 5.32 Å². The van der Waals surface area contributed by atoms with Crippen LogP contribution >= 0.6 is 0 Å². The molecule has 1 aromatic heterocycles. The number of benzene rings is 2. The lowest BCUT2D eigenvalue weighted by Crippen LogP contribution is -2.42. The van der Waals surface area contributed by atoms with Crippen molar-refractivity contribution in [3.63, 3.8) is 0 Å². The van der Waals surface area contributed by atoms with Crippen molar-refractivity contribution in [2.75, 3.05) is 0 Å². The van der Waals surface area contributed by atoms with Crippen LogP contribution in [0.5, 0.6) is 5.75 Å². The van der Waals surface area contributed by atoms with E-state index in [1.165, 1.54) is 6.42 Å². The molecule has 1 atom stereocenters. The fourth-order valence-electron chi connectivity index (χ4n) is 5.08. The Kier molecular flexibility index (Phi) is 4.78. The lowest BCUT2D eigenvalue weighted by molar-refractivity contribution is -0.0373. The molecule has 1 amide bonds. The van der Waals surface area contributed by atoms with Gasteiger partial charge in [-0.3, -0.25) is 4.79 Å². The number of furan rings is 1. The number of rotatable bonds is 3. The quantitative estimate of drug-likeness (QED) is 0.629. The molecule has 0 radical (unpaired) electrons. The minimum Gasteiger partial charge on any atom is -0.487 e. The smallest absolute Gasteiger partial charge is 0.287 e. The van der Waals surface area contributed by atoms with E-state index in [9.17, 15) is 9.90 Å². The average molecular weight is 405 g/mol. The van der Waals surface area contributed by atoms with E-state index in [4.69, 9.17) is 9.15 Å². The molecule has 0 bridgehead atoms. The largest absolute Gasteiger partial charge is 0.487 e. The van der Waals surface area contributed by atoms with Crippen molar-refractivity contribution in [3.8, 4) is 5.75 Å². The molecule has 2 N–H and O–H groups in total. The van der Waals surface area contributed by atoms with Gasteiger partial charge in [0.2, 0.25) is 0 Å². The summed E-state index contributed by atoms with van der Waals surface area (Å²) in [5.74, 6) is 0.763. The Morgan fingerprint density at radius 3 is 2.67 bits per heavy atom. The highest BCUT2D eigenvalue weighted by atomic mass is 16.5. The SMILES string of the molecule is Cc1c(C(=O)NCc2ccccc2)oc2ccc3c(c12)[C@@H](O)CC1(CCCCC1)O3. The van der Waals surface area contributed by atoms with Crippen molar-refractivity contribution in [3.05, 3.63) is 64.9 Å². The highest BCUT2D eigenvalue weighted by Crippen LogP contribution is 2.49. The third kappa shape index (κ3) is 3.27. The van der Waals surface area contributed by atoms with Crippen molar-refractivity contribution in [2.24, 2.45) is 0 Å². The summed E-state index contributed by atoms with van der Waals surface area (Å²) in [6.45, 7) is 2.31. The zero-order valence-electron chi connectivity index (χ0n) is 17.2. The van der Waals surface area contributed by atoms with Gasteiger partial charge in [0.1, 0.15) is 16.9 Å². The first-order valence-corrected chi connectivity index (χ1v) is 10.8. The molecule has 1 spiro atoms. The summed E-state index contributed by atoms with van der Waals surface area (Å²) in [6, 6.07) is 13.5. The van der Waals surface area contributed by atoms with Gasteiger partial charge in [-0.05, 0) is 50.3 Å². The van der Waals surface area contributed by atoms with Crippen LogP contribution in [0.4, 0.5) is 0 Å². The van der Waals surface area contributed by atoms with E-state index >= 15 is 0 Å². The lowest BCUT2D eigenvalue weighted by atomic mass is 9.77. The summed E-state index contributed by atoms with van der Waals surface area (Å²) in [5.41, 5.74) is 2.88. The fourth-order valence-corrected chi connectivity index (χ4v) is 5.08. The number of carbonyl (C=O) groups is 1. The minimum atomic E-state index is -0.618. The Labute approximate surface area is 176 Å². The van der Waals surface area contributed by atoms with Crippen LogP contribution in [0.1, 0.15) is 71.9 Å². The van der Waals surface area contributed by atoms with E-state index in [0.717, 1.165) is 53.5 Å². The second-order valence-electron chi connectivity index (χ2n) is 8.64. The number of hydrogen-bond acceptors (Lipinski definition) is 4. The third-order valence-electron chi connectivity index (χ3n) is 6.59. The molecule has 1 saturated carbocycles. The number of fused-ring (bicyclic) bond motifs is 3. The van der Waals surface area contributed by atoms with Crippen molar-refractivity contribution < 1.29 is 19.1 Å². The first-order chi connectivity index (χ1) is 14.6. The summed E-state index contributed by atoms with van der Waals surface area (Å²) >= 11 is 0. The van der Waals surface area contributed by atoms with Crippen LogP contribution in [0.3, 0.4) is 0 Å². The summed E-state index contributed by atoms with van der Waals surface area (Å²) in [4.78, 5) is 12.8. The monoisotopic (exact) mass is 405 g/mol. The van der Waals surface area contributed by atoms with Crippen molar-refractivity contribution in [1.29, 1.82) is 0 Å². The van der Waals surface area contributed by atoms with Crippen LogP contribution in [-0.2, 0) is 6.54 Å². The number of aliphatic hydroxyl groups excluding tert-OH is 1. The van der Waals surface area contributed by atoms with Crippen molar-refractivity contribution >= 4 is 16.9 Å². The average Bonchev–Trinajstić information content (AvgIpc) is 3.10. The van der Waals surface area contributed by atoms with Gasteiger partial charge in [0.25, 0.3) is 5.91 Å². The van der Waals surface area contributed by atoms with E-state index in [1.54, 1.807) is 0 Å². The maximum Gasteiger partial charge on any atom is 0.287 e. The highest BCUT2D eigenvalue weighted by molar-refractivity contribution is 6.00. The van der Waals surface area contributed by atoms with E-state index in [-0.39, 0.29) is 11.5 Å². The zero-order chi connectivity index (χ0) is 20.7. The Hall–Kier alpha value is -2.79. The van der Waals surface area contributed by atoms with Crippen molar-refractivity contribution in [1.82, 2.24) is 5.32 Å². The molecule has 30 heavy (non-hydrogen) atoms. The van der Waals surface area contributed by atoms with Crippen LogP contribution in [0.2, 0.25) is 0 Å². The van der Waals surface area contributed by atoms with Gasteiger partial charge in [0, 0.05) is 29.5 Å². The molecule has 1 aliphatic heterocycles. The number of aliphatic hydroxyl groups is 1. The van der Waals surface area contributed by atoms with Crippen LogP contribution in [-0.4, -0.2) is 16.6 Å². The maximum atomic E-state index is 12.8. The molecule has 5 nitrogen and oxygen atoms in total. The Morgan fingerprint density at radius 2 is 1.90 bits per heavy atom. The summed E-state index contributed by atoms with van der Waals surface area (Å²) in [6.07, 6.45) is 5.46. The van der Waals surface area contributed by atoms with Gasteiger partial charge in [-0.15, -0.1) is 0 Å². The molecule has 1 aliphatic carbocycles. The molecule has 2 heterocycles. The van der Waals surface area contributed by atoms with Gasteiger partial charge < -0.3 is 19.6 Å². The van der Waals surface area contributed by atoms with Gasteiger partial charge in [0.15, 0.2) is 5.76 Å². The molecule has 0 unspecified atom stereocenters. The third-order valence-corrected chi connectivity index (χ3v) is 6.59. The minimum absolute atomic E-state index is 0.253. The topological polar surface area (TPSA) is 71.7 Å². The van der Waals surface area contributed by atoms with Crippen LogP contribution in [0.15, 0.2) is 46.9 Å². The fraction of sp³-hybridized carbons (Fsp3) is 0.400. The summed E-state index contributed by atoms with van der Waals surface area (Å²) in [7, 11) is 0. The summed E-state index contributed by atoms with van der Waals surface area (Å²) in [5, 5.41) is 14.8. The molecule has 0 saturated heterocycles. The molecular formula is C25H27NO4.